The number of pyridine rings is 1. The van der Waals surface area contributed by atoms with Crippen LogP contribution >= 0.6 is 15.9 Å². The van der Waals surface area contributed by atoms with E-state index in [1.165, 1.54) is 6.07 Å². The minimum Gasteiger partial charge on any atom is -0.455 e. The van der Waals surface area contributed by atoms with Gasteiger partial charge in [-0.05, 0) is 52.7 Å². The van der Waals surface area contributed by atoms with E-state index in [1.54, 1.807) is 37.4 Å². The van der Waals surface area contributed by atoms with Gasteiger partial charge in [-0.1, -0.05) is 6.07 Å². The van der Waals surface area contributed by atoms with Crippen LogP contribution in [0, 0.1) is 12.7 Å². The van der Waals surface area contributed by atoms with Gasteiger partial charge in [0.2, 0.25) is 0 Å². The first-order chi connectivity index (χ1) is 10.0. The van der Waals surface area contributed by atoms with Crippen LogP contribution in [0.2, 0.25) is 0 Å². The van der Waals surface area contributed by atoms with Crippen molar-refractivity contribution in [1.82, 2.24) is 4.98 Å². The number of hydrogen-bond donors (Lipinski definition) is 1. The van der Waals surface area contributed by atoms with E-state index in [9.17, 15) is 4.39 Å². The number of hydrogen-bond acceptors (Lipinski definition) is 3. The minimum atomic E-state index is -0.303. The predicted molar refractivity (Wildman–Crippen MR) is 85.1 cm³/mol. The first-order valence-corrected chi connectivity index (χ1v) is 7.11. The fraction of sp³-hybridized carbons (Fsp3) is 0.0625. The number of anilines is 1. The van der Waals surface area contributed by atoms with Gasteiger partial charge in [0, 0.05) is 27.8 Å². The van der Waals surface area contributed by atoms with E-state index >= 15 is 0 Å². The number of nitrogen functional groups attached to an aromatic ring is 1. The number of fused-ring (bicyclic) bond motifs is 1. The highest BCUT2D eigenvalue weighted by atomic mass is 79.9. The summed E-state index contributed by atoms with van der Waals surface area (Å²) in [5.74, 6) is 0.659. The molecule has 106 valence electrons. The Morgan fingerprint density at radius 2 is 2.00 bits per heavy atom. The zero-order chi connectivity index (χ0) is 15.0. The second-order valence-electron chi connectivity index (χ2n) is 4.72. The molecule has 2 aromatic carbocycles. The molecule has 2 N–H and O–H groups in total. The first kappa shape index (κ1) is 13.8. The van der Waals surface area contributed by atoms with Crippen LogP contribution in [-0.2, 0) is 0 Å². The van der Waals surface area contributed by atoms with Crippen LogP contribution in [0.25, 0.3) is 10.9 Å². The molecule has 5 heteroatoms. The molecule has 0 bridgehead atoms. The lowest BCUT2D eigenvalue weighted by Crippen LogP contribution is -1.93. The average molecular weight is 347 g/mol. The van der Waals surface area contributed by atoms with E-state index < -0.39 is 0 Å². The van der Waals surface area contributed by atoms with E-state index in [2.05, 4.69) is 20.9 Å². The average Bonchev–Trinajstić information content (AvgIpc) is 2.46. The van der Waals surface area contributed by atoms with Crippen LogP contribution in [0.5, 0.6) is 11.5 Å². The van der Waals surface area contributed by atoms with Crippen LogP contribution < -0.4 is 10.5 Å². The Morgan fingerprint density at radius 3 is 2.76 bits per heavy atom. The molecule has 0 amide bonds. The standard InChI is InChI=1S/C16H12BrFN2O/c1-9-2-3-11(7-13(9)18)21-15-5-4-14(19)12-6-10(17)8-20-16(12)15/h2-8H,19H2,1H3. The zero-order valence-electron chi connectivity index (χ0n) is 11.2. The Kier molecular flexibility index (Phi) is 3.51. The van der Waals surface area contributed by atoms with Gasteiger partial charge < -0.3 is 10.5 Å². The number of aryl methyl sites for hydroxylation is 1. The van der Waals surface area contributed by atoms with Crippen molar-refractivity contribution in [2.75, 3.05) is 5.73 Å². The van der Waals surface area contributed by atoms with E-state index in [0.717, 1.165) is 9.86 Å². The summed E-state index contributed by atoms with van der Waals surface area (Å²) in [6, 6.07) is 10.1. The summed E-state index contributed by atoms with van der Waals surface area (Å²) in [6.07, 6.45) is 1.67. The van der Waals surface area contributed by atoms with Gasteiger partial charge in [0.25, 0.3) is 0 Å². The van der Waals surface area contributed by atoms with Crippen LogP contribution in [0.3, 0.4) is 0 Å². The molecule has 3 nitrogen and oxygen atoms in total. The topological polar surface area (TPSA) is 48.1 Å². The molecule has 0 atom stereocenters. The quantitative estimate of drug-likeness (QED) is 0.676. The zero-order valence-corrected chi connectivity index (χ0v) is 12.8. The van der Waals surface area contributed by atoms with Crippen molar-refractivity contribution in [3.8, 4) is 11.5 Å². The Balaban J connectivity index is 2.08. The molecule has 0 saturated carbocycles. The molecule has 21 heavy (non-hydrogen) atoms. The third-order valence-electron chi connectivity index (χ3n) is 3.18. The maximum absolute atomic E-state index is 13.6. The van der Waals surface area contributed by atoms with Gasteiger partial charge in [0.05, 0.1) is 0 Å². The summed E-state index contributed by atoms with van der Waals surface area (Å²) in [4.78, 5) is 4.33. The number of nitrogens with zero attached hydrogens (tertiary/aromatic N) is 1. The summed E-state index contributed by atoms with van der Waals surface area (Å²) >= 11 is 3.37. The van der Waals surface area contributed by atoms with Gasteiger partial charge in [0.15, 0.2) is 5.75 Å². The SMILES string of the molecule is Cc1ccc(Oc2ccc(N)c3cc(Br)cnc23)cc1F. The monoisotopic (exact) mass is 346 g/mol. The van der Waals surface area contributed by atoms with E-state index in [1.807, 2.05) is 6.07 Å². The molecule has 3 aromatic rings. The van der Waals surface area contributed by atoms with Crippen LogP contribution in [-0.4, -0.2) is 4.98 Å². The maximum atomic E-state index is 13.6. The van der Waals surface area contributed by atoms with Gasteiger partial charge >= 0.3 is 0 Å². The normalized spacial score (nSPS) is 10.8. The largest absolute Gasteiger partial charge is 0.455 e. The molecule has 0 spiro atoms. The lowest BCUT2D eigenvalue weighted by atomic mass is 10.1. The van der Waals surface area contributed by atoms with Crippen LogP contribution in [0.15, 0.2) is 47.1 Å². The lowest BCUT2D eigenvalue weighted by Gasteiger charge is -2.10. The Bertz CT molecular complexity index is 836. The predicted octanol–water partition coefficient (Wildman–Crippen LogP) is 4.82. The highest BCUT2D eigenvalue weighted by Crippen LogP contribution is 2.33. The number of nitrogens with two attached hydrogens (primary N) is 1. The molecule has 0 saturated heterocycles. The minimum absolute atomic E-state index is 0.303. The Hall–Kier alpha value is -2.14. The molecule has 3 rings (SSSR count). The van der Waals surface area contributed by atoms with Gasteiger partial charge in [-0.25, -0.2) is 4.39 Å². The molecule has 0 aliphatic carbocycles. The van der Waals surface area contributed by atoms with Crippen molar-refractivity contribution in [1.29, 1.82) is 0 Å². The Labute approximate surface area is 129 Å². The molecule has 1 aromatic heterocycles. The van der Waals surface area contributed by atoms with E-state index in [0.29, 0.717) is 28.3 Å². The summed E-state index contributed by atoms with van der Waals surface area (Å²) in [7, 11) is 0. The molecular weight excluding hydrogens is 335 g/mol. The van der Waals surface area contributed by atoms with Crippen LogP contribution in [0.1, 0.15) is 5.56 Å². The summed E-state index contributed by atoms with van der Waals surface area (Å²) in [5.41, 5.74) is 7.78. The number of rotatable bonds is 2. The number of ether oxygens (including phenoxy) is 1. The van der Waals surface area contributed by atoms with Crippen LogP contribution in [0.4, 0.5) is 10.1 Å². The third kappa shape index (κ3) is 2.69. The summed E-state index contributed by atoms with van der Waals surface area (Å²) in [5, 5.41) is 0.787. The summed E-state index contributed by atoms with van der Waals surface area (Å²) in [6.45, 7) is 1.71. The molecule has 0 fully saturated rings. The van der Waals surface area contributed by atoms with Gasteiger partial charge in [-0.3, -0.25) is 4.98 Å². The van der Waals surface area contributed by atoms with Gasteiger partial charge in [-0.2, -0.15) is 0 Å². The van der Waals surface area contributed by atoms with Crippen molar-refractivity contribution >= 4 is 32.5 Å². The fourth-order valence-electron chi connectivity index (χ4n) is 2.04. The van der Waals surface area contributed by atoms with Crippen molar-refractivity contribution in [3.05, 3.63) is 58.4 Å². The third-order valence-corrected chi connectivity index (χ3v) is 3.62. The van der Waals surface area contributed by atoms with Crippen molar-refractivity contribution < 1.29 is 9.13 Å². The van der Waals surface area contributed by atoms with Crippen molar-refractivity contribution in [2.45, 2.75) is 6.92 Å². The first-order valence-electron chi connectivity index (χ1n) is 6.32. The number of benzene rings is 2. The highest BCUT2D eigenvalue weighted by Gasteiger charge is 2.09. The van der Waals surface area contributed by atoms with E-state index in [-0.39, 0.29) is 5.82 Å². The molecule has 0 aliphatic heterocycles. The molecule has 0 radical (unpaired) electrons. The molecular formula is C16H12BrFN2O. The second-order valence-corrected chi connectivity index (χ2v) is 5.63. The summed E-state index contributed by atoms with van der Waals surface area (Å²) < 4.78 is 20.2. The second kappa shape index (κ2) is 5.33. The molecule has 1 heterocycles. The van der Waals surface area contributed by atoms with Crippen molar-refractivity contribution in [2.24, 2.45) is 0 Å². The molecule has 0 aliphatic rings. The number of halogens is 2. The van der Waals surface area contributed by atoms with Gasteiger partial charge in [-0.15, -0.1) is 0 Å². The van der Waals surface area contributed by atoms with Crippen molar-refractivity contribution in [3.63, 3.8) is 0 Å². The smallest absolute Gasteiger partial charge is 0.153 e. The maximum Gasteiger partial charge on any atom is 0.153 e. The fourth-order valence-corrected chi connectivity index (χ4v) is 2.37. The number of aromatic nitrogens is 1. The Morgan fingerprint density at radius 1 is 1.19 bits per heavy atom. The molecule has 0 unspecified atom stereocenters. The van der Waals surface area contributed by atoms with E-state index in [4.69, 9.17) is 10.5 Å². The lowest BCUT2D eigenvalue weighted by molar-refractivity contribution is 0.480. The highest BCUT2D eigenvalue weighted by molar-refractivity contribution is 9.10. The van der Waals surface area contributed by atoms with Gasteiger partial charge in [0.1, 0.15) is 17.1 Å².